The Bertz CT molecular complexity index is 1950. The Hall–Kier alpha value is -4.56. The second kappa shape index (κ2) is 23.4. The zero-order valence-corrected chi connectivity index (χ0v) is 37.4. The van der Waals surface area contributed by atoms with Gasteiger partial charge < -0.3 is 52.2 Å². The van der Waals surface area contributed by atoms with Crippen molar-refractivity contribution in [3.05, 3.63) is 82.2 Å². The molecule has 2 aliphatic heterocycles. The molecule has 0 saturated carbocycles. The number of nitrogens with zero attached hydrogens (tertiary/aromatic N) is 3. The first-order chi connectivity index (χ1) is 29.7. The fourth-order valence-electron chi connectivity index (χ4n) is 6.19. The molecule has 2 heterocycles. The maximum absolute atomic E-state index is 13.7. The van der Waals surface area contributed by atoms with Gasteiger partial charge in [-0.05, 0) is 44.4 Å². The summed E-state index contributed by atoms with van der Waals surface area (Å²) < 4.78 is 57.2. The molecule has 63 heavy (non-hydrogen) atoms. The summed E-state index contributed by atoms with van der Waals surface area (Å²) in [4.78, 5) is 67.6. The number of alkyl halides is 3. The largest absolute Gasteiger partial charge is 0.467 e. The molecule has 1 unspecified atom stereocenters. The van der Waals surface area contributed by atoms with Crippen molar-refractivity contribution in [2.75, 3.05) is 13.7 Å². The number of carbonyl (C=O) groups excluding carboxylic acids is 5. The molecular weight excluding hydrogens is 895 g/mol. The monoisotopic (exact) mass is 942 g/mol. The lowest BCUT2D eigenvalue weighted by atomic mass is 9.94. The van der Waals surface area contributed by atoms with Gasteiger partial charge in [0.15, 0.2) is 24.6 Å². The fourth-order valence-corrected chi connectivity index (χ4v) is 6.32. The Morgan fingerprint density at radius 2 is 1.37 bits per heavy atom. The molecule has 2 aliphatic rings. The van der Waals surface area contributed by atoms with Gasteiger partial charge in [0, 0.05) is 18.3 Å². The number of rotatable bonds is 18. The van der Waals surface area contributed by atoms with E-state index < -0.39 is 107 Å². The van der Waals surface area contributed by atoms with Crippen LogP contribution in [0.2, 0.25) is 0 Å². The summed E-state index contributed by atoms with van der Waals surface area (Å²) in [6.45, 7) is 6.20. The summed E-state index contributed by atoms with van der Waals surface area (Å²) in [5, 5.41) is 12.3. The minimum absolute atomic E-state index is 0.142. The first-order valence-electron chi connectivity index (χ1n) is 19.5. The Morgan fingerprint density at radius 3 is 1.87 bits per heavy atom. The van der Waals surface area contributed by atoms with Crippen LogP contribution in [0, 0.1) is 10.8 Å². The normalized spacial score (nSPS) is 26.0. The number of carbonyl (C=O) groups is 5. The van der Waals surface area contributed by atoms with Crippen LogP contribution in [0.3, 0.4) is 0 Å². The van der Waals surface area contributed by atoms with E-state index in [2.05, 4.69) is 10.0 Å². The summed E-state index contributed by atoms with van der Waals surface area (Å²) in [7, 11) is 1.04. The van der Waals surface area contributed by atoms with E-state index in [0.29, 0.717) is 11.1 Å². The quantitative estimate of drug-likeness (QED) is 0.0263. The fraction of sp³-hybridized carbons (Fsp3) is 0.561. The van der Waals surface area contributed by atoms with Gasteiger partial charge in [-0.3, -0.25) is 19.8 Å². The van der Waals surface area contributed by atoms with Gasteiger partial charge in [0.05, 0.1) is 32.2 Å². The smallest absolute Gasteiger partial charge is 0.338 e. The van der Waals surface area contributed by atoms with Crippen LogP contribution in [0.4, 0.5) is 0 Å². The lowest BCUT2D eigenvalue weighted by molar-refractivity contribution is -0.341. The van der Waals surface area contributed by atoms with Gasteiger partial charge >= 0.3 is 23.9 Å². The summed E-state index contributed by atoms with van der Waals surface area (Å²) in [5.41, 5.74) is 10.1. The van der Waals surface area contributed by atoms with Crippen LogP contribution >= 0.6 is 34.8 Å². The van der Waals surface area contributed by atoms with Crippen molar-refractivity contribution in [3.63, 3.8) is 0 Å². The zero-order chi connectivity index (χ0) is 46.5. The lowest BCUT2D eigenvalue weighted by Gasteiger charge is -2.48. The van der Waals surface area contributed by atoms with Gasteiger partial charge in [-0.15, -0.1) is 0 Å². The van der Waals surface area contributed by atoms with Crippen LogP contribution in [-0.4, -0.2) is 114 Å². The summed E-state index contributed by atoms with van der Waals surface area (Å²) in [5.74, 6) is -4.77. The van der Waals surface area contributed by atoms with E-state index in [1.54, 1.807) is 81.4 Å². The molecule has 0 bridgehead atoms. The molecule has 0 spiro atoms. The molecule has 0 radical (unpaired) electrons. The highest BCUT2D eigenvalue weighted by Crippen LogP contribution is 2.38. The summed E-state index contributed by atoms with van der Waals surface area (Å²) in [6, 6.07) is 15.9. The van der Waals surface area contributed by atoms with Crippen molar-refractivity contribution in [3.8, 4) is 0 Å². The van der Waals surface area contributed by atoms with Crippen molar-refractivity contribution >= 4 is 70.4 Å². The Balaban J connectivity index is 1.89. The minimum Gasteiger partial charge on any atom is -0.467 e. The molecule has 2 saturated heterocycles. The van der Waals surface area contributed by atoms with Gasteiger partial charge in [-0.25, -0.2) is 4.79 Å². The third-order valence-corrected chi connectivity index (χ3v) is 9.85. The number of hydrogen-bond donors (Lipinski definition) is 1. The Morgan fingerprint density at radius 1 is 0.778 bits per heavy atom. The highest BCUT2D eigenvalue weighted by Gasteiger charge is 2.58. The van der Waals surface area contributed by atoms with E-state index in [4.69, 9.17) is 87.6 Å². The maximum Gasteiger partial charge on any atom is 0.338 e. The van der Waals surface area contributed by atoms with Crippen LogP contribution < -0.4 is 0 Å². The molecule has 344 valence electrons. The number of methoxy groups -OCH3 is 1. The van der Waals surface area contributed by atoms with Crippen molar-refractivity contribution in [2.24, 2.45) is 10.5 Å². The first kappa shape index (κ1) is 51.1. The SMILES string of the molecule is COC(=O)[C@@H]1OC(OC(=N)C(Cl)(Cl)Cl)[C@H](OC(=O)C(C)(C)C)[C@@H](OCc2ccccc2)[C@@H]1O[C@H]1O[C@H](COC(C)=O)[C@@H](OC(=O)CCC(C)=O)[C@H](OCc2ccccc2)[C@H]1N=[N+]=[N-]. The number of azide groups is 1. The van der Waals surface area contributed by atoms with Crippen LogP contribution in [0.1, 0.15) is 58.6 Å². The second-order valence-electron chi connectivity index (χ2n) is 15.3. The third kappa shape index (κ3) is 15.0. The van der Waals surface area contributed by atoms with Crippen LogP contribution in [-0.2, 0) is 84.6 Å². The molecule has 2 aromatic rings. The maximum atomic E-state index is 13.7. The van der Waals surface area contributed by atoms with E-state index in [1.165, 1.54) is 6.92 Å². The number of nitrogens with one attached hydrogen (secondary N) is 1. The number of halogens is 3. The predicted molar refractivity (Wildman–Crippen MR) is 222 cm³/mol. The molecule has 0 amide bonds. The van der Waals surface area contributed by atoms with Gasteiger partial charge in [-0.2, -0.15) is 0 Å². The van der Waals surface area contributed by atoms with Crippen molar-refractivity contribution in [1.29, 1.82) is 5.41 Å². The molecule has 22 heteroatoms. The van der Waals surface area contributed by atoms with Crippen molar-refractivity contribution in [2.45, 2.75) is 126 Å². The van der Waals surface area contributed by atoms with E-state index in [0.717, 1.165) is 14.0 Å². The second-order valence-corrected chi connectivity index (χ2v) is 17.6. The number of ketones is 1. The minimum atomic E-state index is -2.45. The van der Waals surface area contributed by atoms with Crippen molar-refractivity contribution < 1.29 is 71.3 Å². The number of esters is 4. The average Bonchev–Trinajstić information content (AvgIpc) is 3.23. The van der Waals surface area contributed by atoms with Gasteiger partial charge in [0.25, 0.3) is 3.79 Å². The number of benzene rings is 2. The van der Waals surface area contributed by atoms with Crippen LogP contribution in [0.5, 0.6) is 0 Å². The van der Waals surface area contributed by atoms with Crippen molar-refractivity contribution in [1.82, 2.24) is 0 Å². The highest BCUT2D eigenvalue weighted by molar-refractivity contribution is 6.76. The molecule has 2 aromatic carbocycles. The molecule has 2 fully saturated rings. The van der Waals surface area contributed by atoms with Gasteiger partial charge in [0.2, 0.25) is 12.2 Å². The van der Waals surface area contributed by atoms with E-state index in [1.807, 2.05) is 0 Å². The number of ether oxygens (including phenoxy) is 10. The van der Waals surface area contributed by atoms with Crippen LogP contribution in [0.15, 0.2) is 65.8 Å². The molecule has 10 atom stereocenters. The Kier molecular flexibility index (Phi) is 19.0. The topological polar surface area (TPSA) is 250 Å². The third-order valence-electron chi connectivity index (χ3n) is 9.34. The van der Waals surface area contributed by atoms with E-state index in [9.17, 15) is 29.5 Å². The zero-order valence-electron chi connectivity index (χ0n) is 35.2. The highest BCUT2D eigenvalue weighted by atomic mass is 35.6. The molecule has 4 rings (SSSR count). The lowest BCUT2D eigenvalue weighted by Crippen LogP contribution is -2.67. The van der Waals surface area contributed by atoms with Crippen LogP contribution in [0.25, 0.3) is 10.4 Å². The molecule has 19 nitrogen and oxygen atoms in total. The summed E-state index contributed by atoms with van der Waals surface area (Å²) >= 11 is 17.9. The van der Waals surface area contributed by atoms with Gasteiger partial charge in [0.1, 0.15) is 42.8 Å². The summed E-state index contributed by atoms with van der Waals surface area (Å²) in [6.07, 6.45) is -15.4. The van der Waals surface area contributed by atoms with E-state index in [-0.39, 0.29) is 31.8 Å². The first-order valence-corrected chi connectivity index (χ1v) is 20.6. The van der Waals surface area contributed by atoms with E-state index >= 15 is 0 Å². The number of Topliss-reactive ketones (excluding diaryl/α,β-unsaturated/α-hetero) is 1. The standard InChI is InChI=1S/C41H49Cl3N4O15/c1-22(49)17-18-27(51)59-29-26(21-55-23(2)50)58-36(28(47-48-46)30(29)56-19-24-13-9-7-10-14-24)60-32-31(57-20-25-15-11-8-12-16-25)34(62-39(53)40(3,4)5)37(61-33(32)35(52)54-6)63-38(45)41(42,43)44/h7-16,26,28-34,36-37,45H,17-21H2,1-6H3/t26-,28-,29-,30-,31+,32+,33-,34-,36-,37?/m1/s1. The predicted octanol–water partition coefficient (Wildman–Crippen LogP) is 6.01. The number of hydrogen-bond acceptors (Lipinski definition) is 17. The molecule has 0 aromatic heterocycles. The average molecular weight is 944 g/mol. The van der Waals surface area contributed by atoms with Gasteiger partial charge in [-0.1, -0.05) is 101 Å². The Labute approximate surface area is 378 Å². The molecular formula is C41H49Cl3N4O15. The molecule has 0 aliphatic carbocycles. The molecule has 1 N–H and O–H groups in total.